The van der Waals surface area contributed by atoms with E-state index >= 15 is 0 Å². The van der Waals surface area contributed by atoms with Gasteiger partial charge in [-0.05, 0) is 139 Å². The van der Waals surface area contributed by atoms with Crippen LogP contribution in [0.25, 0.3) is 0 Å². The van der Waals surface area contributed by atoms with E-state index in [9.17, 15) is 0 Å². The molecule has 0 aromatic heterocycles. The Kier molecular flexibility index (Phi) is 14.1. The number of hydrogen-bond acceptors (Lipinski definition) is 9. The largest absolute Gasteiger partial charge is 0.488 e. The molecule has 3 saturated heterocycles. The maximum absolute atomic E-state index is 6.65. The van der Waals surface area contributed by atoms with Gasteiger partial charge in [0, 0.05) is 116 Å². The molecule has 9 nitrogen and oxygen atoms in total. The Morgan fingerprint density at radius 2 is 1.41 bits per heavy atom. The number of allylic oxidation sites excluding steroid dienone is 1. The third-order valence-electron chi connectivity index (χ3n) is 18.5. The van der Waals surface area contributed by atoms with Crippen LogP contribution in [0.3, 0.4) is 0 Å². The van der Waals surface area contributed by atoms with Gasteiger partial charge in [-0.25, -0.2) is 24.3 Å². The Hall–Kier alpha value is -0.354. The minimum Gasteiger partial charge on any atom is -0.488 e. The van der Waals surface area contributed by atoms with Gasteiger partial charge in [-0.2, -0.15) is 18.3 Å². The fourth-order valence-electron chi connectivity index (χ4n) is 16.0. The molecule has 13 aliphatic rings. The topological polar surface area (TPSA) is 91.5 Å². The second-order valence-corrected chi connectivity index (χ2v) is 21.7. The van der Waals surface area contributed by atoms with E-state index in [4.69, 9.17) is 27.8 Å². The van der Waals surface area contributed by atoms with Crippen LogP contribution in [0.5, 0.6) is 28.7 Å². The SMILES string of the molecule is CC1C=C[C-]2[C@H]3Cc4ccc(OP)c5c4[C@@]2(CCN3)[C@H]1O5.CC1C=C[C-]2[C@H]3Cc4ccc(OP)cc4[C@@]2(CCN3)C1.CO[C@]12C=C[C@@]3(C[CH-]1)[C@H]1Cc4ccc(OP)c5c4[C@@]3(CCN1)[C@H]2O5.[W].[Y].[Y]. The predicted molar refractivity (Wildman–Crippen MR) is 262 cm³/mol. The molecule has 8 bridgehead atoms. The van der Waals surface area contributed by atoms with Gasteiger partial charge in [-0.3, -0.25) is 6.42 Å². The Bertz CT molecular complexity index is 2590. The molecule has 15 heteroatoms. The molecule has 15 atom stereocenters. The van der Waals surface area contributed by atoms with Crippen molar-refractivity contribution in [2.45, 2.75) is 117 Å². The summed E-state index contributed by atoms with van der Waals surface area (Å²) in [6.45, 7) is 7.83. The molecular formula is C53H61N3O6P3WY2-3. The van der Waals surface area contributed by atoms with Crippen molar-refractivity contribution in [2.75, 3.05) is 26.7 Å². The summed E-state index contributed by atoms with van der Waals surface area (Å²) < 4.78 is 35.6. The molecule has 3 spiro atoms. The van der Waals surface area contributed by atoms with Gasteiger partial charge in [0.1, 0.15) is 11.9 Å². The van der Waals surface area contributed by atoms with Crippen LogP contribution in [0.4, 0.5) is 0 Å². The van der Waals surface area contributed by atoms with E-state index in [1.54, 1.807) is 13.0 Å². The van der Waals surface area contributed by atoms with Crippen molar-refractivity contribution < 1.29 is 114 Å². The zero-order chi connectivity index (χ0) is 44.1. The molecule has 1 saturated carbocycles. The molecule has 16 rings (SSSR count). The summed E-state index contributed by atoms with van der Waals surface area (Å²) in [5, 5.41) is 11.2. The van der Waals surface area contributed by atoms with E-state index in [2.05, 4.69) is 131 Å². The molecule has 4 fully saturated rings. The summed E-state index contributed by atoms with van der Waals surface area (Å²) in [7, 11) is 8.89. The number of rotatable bonds is 4. The zero-order valence-corrected chi connectivity index (χ0v) is 51.2. The standard InChI is InChI=1S/C19H21NO3P.C17H19NO2P.C17H21NOP.W.2Y/c1-21-18-6-4-17(5-7-18)13-10-11-2-3-12(23-24)15-14(11)19(17,8-9-20-13)16(18)22-15;1-9-2-4-11-12-8-10-3-5-13(20-21)15-14(10)17(11,6-7-18-12)16(9)19-15;1-11-2-5-14-16-8-12-3-4-13(19-20)9-15(12)17(14,10-11)6-7-18-16;;;/h2-4,6-7,13,16,20H,5,8-10,24H2,1H3;2-5,9,12,16,18H,6-8,21H2,1H3;2-5,9,11,16,18H,6-8,10,20H2,1H3;;;/q3*-1;;;/t13-,16+,17-,18-,19+;9?,12-,16+,17+;11?,16-,17+;;;/m111.../s1. The number of hydrogen-bond donors (Lipinski definition) is 3. The first-order chi connectivity index (χ1) is 31.7. The van der Waals surface area contributed by atoms with Gasteiger partial charge in [0.2, 0.25) is 0 Å². The summed E-state index contributed by atoms with van der Waals surface area (Å²) in [5.41, 5.74) is 8.63. The molecule has 5 aliphatic heterocycles. The first kappa shape index (κ1) is 51.1. The van der Waals surface area contributed by atoms with E-state index < -0.39 is 5.60 Å². The minimum absolute atomic E-state index is 0. The van der Waals surface area contributed by atoms with Gasteiger partial charge in [0.15, 0.2) is 23.0 Å². The third kappa shape index (κ3) is 6.81. The minimum atomic E-state index is -0.435. The van der Waals surface area contributed by atoms with Gasteiger partial charge in [0.25, 0.3) is 0 Å². The number of methoxy groups -OCH3 is 1. The van der Waals surface area contributed by atoms with Crippen LogP contribution in [0.2, 0.25) is 0 Å². The molecule has 8 aliphatic carbocycles. The monoisotopic (exact) mass is 1290 g/mol. The van der Waals surface area contributed by atoms with Crippen LogP contribution in [0.1, 0.15) is 79.3 Å². The summed E-state index contributed by atoms with van der Waals surface area (Å²) in [4.78, 5) is 0. The van der Waals surface area contributed by atoms with Crippen LogP contribution in [0.15, 0.2) is 78.9 Å². The smallest absolute Gasteiger partial charge is 0.166 e. The van der Waals surface area contributed by atoms with E-state index in [-0.39, 0.29) is 120 Å². The number of piperidine rings is 3. The van der Waals surface area contributed by atoms with E-state index in [1.165, 1.54) is 52.1 Å². The molecule has 3 N–H and O–H groups in total. The Balaban J connectivity index is 0.000000117. The molecular weight excluding hydrogens is 1230 g/mol. The van der Waals surface area contributed by atoms with Gasteiger partial charge in [0.05, 0.1) is 34.5 Å². The predicted octanol–water partition coefficient (Wildman–Crippen LogP) is 8.05. The van der Waals surface area contributed by atoms with Crippen molar-refractivity contribution in [1.82, 2.24) is 16.0 Å². The van der Waals surface area contributed by atoms with Crippen LogP contribution in [-0.4, -0.2) is 62.7 Å². The second-order valence-electron chi connectivity index (χ2n) is 21.0. The number of benzene rings is 3. The van der Waals surface area contributed by atoms with Crippen LogP contribution < -0.4 is 39.0 Å². The fourth-order valence-corrected chi connectivity index (χ4v) is 16.5. The Morgan fingerprint density at radius 1 is 0.735 bits per heavy atom. The van der Waals surface area contributed by atoms with Crippen LogP contribution >= 0.6 is 28.4 Å². The van der Waals surface area contributed by atoms with Crippen molar-refractivity contribution in [3.8, 4) is 28.7 Å². The van der Waals surface area contributed by atoms with Crippen molar-refractivity contribution in [2.24, 2.45) is 17.3 Å². The van der Waals surface area contributed by atoms with Crippen molar-refractivity contribution in [3.05, 3.63) is 131 Å². The Labute approximate surface area is 474 Å². The molecule has 68 heavy (non-hydrogen) atoms. The molecule has 5 heterocycles. The summed E-state index contributed by atoms with van der Waals surface area (Å²) in [6.07, 6.45) is 25.6. The van der Waals surface area contributed by atoms with Crippen molar-refractivity contribution in [3.63, 3.8) is 0 Å². The van der Waals surface area contributed by atoms with Gasteiger partial charge in [-0.15, -0.1) is 0 Å². The summed E-state index contributed by atoms with van der Waals surface area (Å²) in [6, 6.07) is 16.6. The number of fused-ring (bicyclic) bond motifs is 2. The molecule has 0 amide bonds. The summed E-state index contributed by atoms with van der Waals surface area (Å²) in [5.74, 6) is 8.79. The molecule has 5 unspecified atom stereocenters. The maximum Gasteiger partial charge on any atom is 0.166 e. The van der Waals surface area contributed by atoms with Crippen LogP contribution in [0, 0.1) is 35.5 Å². The van der Waals surface area contributed by atoms with Gasteiger partial charge >= 0.3 is 0 Å². The van der Waals surface area contributed by atoms with Crippen LogP contribution in [-0.2, 0) is 127 Å². The van der Waals surface area contributed by atoms with Gasteiger partial charge in [-0.1, -0.05) is 62.5 Å². The van der Waals surface area contributed by atoms with Crippen molar-refractivity contribution in [1.29, 1.82) is 0 Å². The Morgan fingerprint density at radius 3 is 2.13 bits per heavy atom. The summed E-state index contributed by atoms with van der Waals surface area (Å²) >= 11 is 0. The van der Waals surface area contributed by atoms with E-state index in [0.29, 0.717) is 30.0 Å². The second kappa shape index (κ2) is 18.8. The first-order valence-corrected chi connectivity index (χ1v) is 25.4. The average molecular weight is 1290 g/mol. The number of ether oxygens (including phenoxy) is 3. The fraction of sp³-hybridized carbons (Fsp3) is 0.491. The van der Waals surface area contributed by atoms with E-state index in [0.717, 1.165) is 86.9 Å². The van der Waals surface area contributed by atoms with Crippen molar-refractivity contribution >= 4 is 28.4 Å². The maximum atomic E-state index is 6.65. The quantitative estimate of drug-likeness (QED) is 0.137. The van der Waals surface area contributed by atoms with Gasteiger partial charge < -0.3 is 43.7 Å². The molecule has 3 aromatic carbocycles. The van der Waals surface area contributed by atoms with E-state index in [1.807, 2.05) is 12.1 Å². The number of nitrogens with one attached hydrogen (secondary N) is 3. The average Bonchev–Trinajstić information content (AvgIpc) is 3.87. The zero-order valence-electron chi connectivity index (χ0n) is 39.1. The normalized spacial score (nSPS) is 38.0. The third-order valence-corrected chi connectivity index (χ3v) is 19.3. The molecule has 2 radical (unpaired) electrons. The first-order valence-electron chi connectivity index (χ1n) is 24.0. The molecule has 3 aromatic rings. The molecule has 354 valence electrons.